The fourth-order valence-electron chi connectivity index (χ4n) is 3.47. The van der Waals surface area contributed by atoms with E-state index in [9.17, 15) is 9.59 Å². The first kappa shape index (κ1) is 17.2. The maximum Gasteiger partial charge on any atom is 0.410 e. The Morgan fingerprint density at radius 2 is 2.00 bits per heavy atom. The third-order valence-corrected chi connectivity index (χ3v) is 4.92. The van der Waals surface area contributed by atoms with Gasteiger partial charge in [-0.3, -0.25) is 4.79 Å². The number of hydrogen-bond acceptors (Lipinski definition) is 5. The molecular formula is C20H21N3O4. The van der Waals surface area contributed by atoms with Gasteiger partial charge >= 0.3 is 6.09 Å². The predicted molar refractivity (Wildman–Crippen MR) is 101 cm³/mol. The van der Waals surface area contributed by atoms with Crippen molar-refractivity contribution in [1.82, 2.24) is 4.90 Å². The number of rotatable bonds is 3. The summed E-state index contributed by atoms with van der Waals surface area (Å²) in [5.41, 5.74) is 2.61. The number of carbonyl (C=O) groups is 2. The minimum Gasteiger partial charge on any atom is -0.497 e. The Kier molecular flexibility index (Phi) is 4.58. The van der Waals surface area contributed by atoms with Gasteiger partial charge in [-0.1, -0.05) is 30.3 Å². The number of piperazine rings is 1. The number of amides is 2. The maximum atomic E-state index is 12.5. The molecule has 0 aliphatic carbocycles. The summed E-state index contributed by atoms with van der Waals surface area (Å²) < 4.78 is 10.7. The van der Waals surface area contributed by atoms with E-state index >= 15 is 0 Å². The van der Waals surface area contributed by atoms with E-state index in [1.165, 1.54) is 0 Å². The average molecular weight is 367 g/mol. The van der Waals surface area contributed by atoms with Crippen molar-refractivity contribution in [2.45, 2.75) is 12.6 Å². The predicted octanol–water partition coefficient (Wildman–Crippen LogP) is 2.47. The highest BCUT2D eigenvalue weighted by Crippen LogP contribution is 2.36. The van der Waals surface area contributed by atoms with Gasteiger partial charge in [-0.05, 0) is 17.7 Å². The Labute approximate surface area is 157 Å². The van der Waals surface area contributed by atoms with E-state index in [0.29, 0.717) is 13.1 Å². The van der Waals surface area contributed by atoms with Crippen molar-refractivity contribution in [1.29, 1.82) is 0 Å². The van der Waals surface area contributed by atoms with E-state index in [-0.39, 0.29) is 19.1 Å². The molecule has 2 amide bonds. The molecule has 7 nitrogen and oxygen atoms in total. The summed E-state index contributed by atoms with van der Waals surface area (Å²) in [4.78, 5) is 28.6. The zero-order valence-electron chi connectivity index (χ0n) is 15.1. The second-order valence-electron chi connectivity index (χ2n) is 6.57. The molecule has 0 radical (unpaired) electrons. The van der Waals surface area contributed by atoms with Crippen LogP contribution in [0.5, 0.6) is 5.75 Å². The van der Waals surface area contributed by atoms with Gasteiger partial charge in [0.15, 0.2) is 0 Å². The summed E-state index contributed by atoms with van der Waals surface area (Å²) in [6, 6.07) is 14.7. The van der Waals surface area contributed by atoms with E-state index in [0.717, 1.165) is 22.7 Å². The van der Waals surface area contributed by atoms with Crippen LogP contribution in [0.2, 0.25) is 0 Å². The highest BCUT2D eigenvalue weighted by molar-refractivity contribution is 6.04. The van der Waals surface area contributed by atoms with Gasteiger partial charge in [0.05, 0.1) is 25.0 Å². The van der Waals surface area contributed by atoms with Crippen molar-refractivity contribution < 1.29 is 19.1 Å². The summed E-state index contributed by atoms with van der Waals surface area (Å²) in [5.74, 6) is 0.613. The van der Waals surface area contributed by atoms with Gasteiger partial charge in [0.1, 0.15) is 18.4 Å². The standard InChI is InChI=1S/C20H21N3O4/c1-26-15-7-8-16-17(11-15)23-10-9-22(12-18(23)19(24)21-16)20(25)27-13-14-5-3-2-4-6-14/h2-8,11,18H,9-10,12-13H2,1H3,(H,21,24). The molecule has 1 atom stereocenters. The Balaban J connectivity index is 1.45. The number of anilines is 2. The van der Waals surface area contributed by atoms with Crippen LogP contribution in [0.4, 0.5) is 16.2 Å². The lowest BCUT2D eigenvalue weighted by Gasteiger charge is -2.44. The van der Waals surface area contributed by atoms with Gasteiger partial charge in [0.25, 0.3) is 0 Å². The lowest BCUT2D eigenvalue weighted by molar-refractivity contribution is -0.118. The van der Waals surface area contributed by atoms with Crippen LogP contribution in [0, 0.1) is 0 Å². The quantitative estimate of drug-likeness (QED) is 0.902. The lowest BCUT2D eigenvalue weighted by Crippen LogP contribution is -2.61. The lowest BCUT2D eigenvalue weighted by atomic mass is 10.0. The minimum absolute atomic E-state index is 0.117. The van der Waals surface area contributed by atoms with Crippen molar-refractivity contribution in [3.63, 3.8) is 0 Å². The summed E-state index contributed by atoms with van der Waals surface area (Å²) in [7, 11) is 1.61. The minimum atomic E-state index is -0.442. The summed E-state index contributed by atoms with van der Waals surface area (Å²) in [6.07, 6.45) is -0.400. The molecule has 2 aliphatic rings. The molecule has 7 heteroatoms. The molecule has 1 unspecified atom stereocenters. The van der Waals surface area contributed by atoms with E-state index in [4.69, 9.17) is 9.47 Å². The molecule has 2 aliphatic heterocycles. The first-order valence-corrected chi connectivity index (χ1v) is 8.87. The fourth-order valence-corrected chi connectivity index (χ4v) is 3.47. The van der Waals surface area contributed by atoms with Crippen LogP contribution in [0.1, 0.15) is 5.56 Å². The van der Waals surface area contributed by atoms with Gasteiger partial charge in [-0.25, -0.2) is 4.79 Å². The molecular weight excluding hydrogens is 346 g/mol. The first-order chi connectivity index (χ1) is 13.2. The summed E-state index contributed by atoms with van der Waals surface area (Å²) in [6.45, 7) is 1.56. The monoisotopic (exact) mass is 367 g/mol. The van der Waals surface area contributed by atoms with Crippen LogP contribution in [0.3, 0.4) is 0 Å². The Morgan fingerprint density at radius 1 is 1.19 bits per heavy atom. The zero-order valence-corrected chi connectivity index (χ0v) is 15.1. The molecule has 27 heavy (non-hydrogen) atoms. The first-order valence-electron chi connectivity index (χ1n) is 8.87. The van der Waals surface area contributed by atoms with Crippen molar-refractivity contribution in [3.05, 3.63) is 54.1 Å². The number of nitrogens with one attached hydrogen (secondary N) is 1. The third-order valence-electron chi connectivity index (χ3n) is 4.92. The molecule has 0 spiro atoms. The Morgan fingerprint density at radius 3 is 2.78 bits per heavy atom. The van der Waals surface area contributed by atoms with Crippen LogP contribution >= 0.6 is 0 Å². The molecule has 1 N–H and O–H groups in total. The van der Waals surface area contributed by atoms with Crippen LogP contribution < -0.4 is 15.0 Å². The number of fused-ring (bicyclic) bond motifs is 3. The van der Waals surface area contributed by atoms with E-state index in [2.05, 4.69) is 5.32 Å². The number of methoxy groups -OCH3 is 1. The van der Waals surface area contributed by atoms with E-state index < -0.39 is 12.1 Å². The molecule has 0 aromatic heterocycles. The Bertz CT molecular complexity index is 856. The van der Waals surface area contributed by atoms with Crippen LogP contribution in [0.15, 0.2) is 48.5 Å². The summed E-state index contributed by atoms with van der Waals surface area (Å²) in [5, 5.41) is 2.91. The maximum absolute atomic E-state index is 12.5. The highest BCUT2D eigenvalue weighted by atomic mass is 16.6. The zero-order chi connectivity index (χ0) is 18.8. The number of carbonyl (C=O) groups excluding carboxylic acids is 2. The molecule has 2 aromatic carbocycles. The molecule has 2 aromatic rings. The molecule has 1 saturated heterocycles. The average Bonchev–Trinajstić information content (AvgIpc) is 2.72. The van der Waals surface area contributed by atoms with Gasteiger partial charge < -0.3 is 24.6 Å². The van der Waals surface area contributed by atoms with E-state index in [1.807, 2.05) is 53.4 Å². The third kappa shape index (κ3) is 3.40. The number of benzene rings is 2. The van der Waals surface area contributed by atoms with Crippen LogP contribution in [-0.2, 0) is 16.1 Å². The smallest absolute Gasteiger partial charge is 0.410 e. The fraction of sp³-hybridized carbons (Fsp3) is 0.300. The molecule has 2 heterocycles. The topological polar surface area (TPSA) is 71.1 Å². The molecule has 0 saturated carbocycles. The van der Waals surface area contributed by atoms with Crippen molar-refractivity contribution in [2.24, 2.45) is 0 Å². The SMILES string of the molecule is COc1ccc2c(c1)N1CCN(C(=O)OCc3ccccc3)CC1C(=O)N2. The van der Waals surface area contributed by atoms with Crippen LogP contribution in [0.25, 0.3) is 0 Å². The second-order valence-corrected chi connectivity index (χ2v) is 6.57. The number of ether oxygens (including phenoxy) is 2. The number of nitrogens with zero attached hydrogens (tertiary/aromatic N) is 2. The second kappa shape index (κ2) is 7.19. The largest absolute Gasteiger partial charge is 0.497 e. The molecule has 0 bridgehead atoms. The summed E-state index contributed by atoms with van der Waals surface area (Å²) >= 11 is 0. The number of hydrogen-bond donors (Lipinski definition) is 1. The van der Waals surface area contributed by atoms with Crippen LogP contribution in [-0.4, -0.2) is 49.7 Å². The van der Waals surface area contributed by atoms with Gasteiger partial charge in [0, 0.05) is 19.2 Å². The van der Waals surface area contributed by atoms with Gasteiger partial charge in [-0.15, -0.1) is 0 Å². The van der Waals surface area contributed by atoms with Gasteiger partial charge in [0.2, 0.25) is 5.91 Å². The van der Waals surface area contributed by atoms with Crippen molar-refractivity contribution in [2.75, 3.05) is 37.0 Å². The highest BCUT2D eigenvalue weighted by Gasteiger charge is 2.39. The normalized spacial score (nSPS) is 18.3. The van der Waals surface area contributed by atoms with Crippen molar-refractivity contribution in [3.8, 4) is 5.75 Å². The van der Waals surface area contributed by atoms with Crippen molar-refractivity contribution >= 4 is 23.4 Å². The molecule has 1 fully saturated rings. The van der Waals surface area contributed by atoms with E-state index in [1.54, 1.807) is 12.0 Å². The molecule has 4 rings (SSSR count). The molecule has 140 valence electrons. The Hall–Kier alpha value is -3.22. The van der Waals surface area contributed by atoms with Gasteiger partial charge in [-0.2, -0.15) is 0 Å².